The lowest BCUT2D eigenvalue weighted by Crippen LogP contribution is -2.32. The summed E-state index contributed by atoms with van der Waals surface area (Å²) in [4.78, 5) is 17.6. The Morgan fingerprint density at radius 3 is 3.06 bits per heavy atom. The number of carbonyl (C=O) groups is 1. The molecule has 0 aliphatic heterocycles. The smallest absolute Gasteiger partial charge is 0.240 e. The summed E-state index contributed by atoms with van der Waals surface area (Å²) >= 11 is 2.77. The summed E-state index contributed by atoms with van der Waals surface area (Å²) < 4.78 is 4.15. The Hall–Kier alpha value is -0.700. The van der Waals surface area contributed by atoms with Crippen molar-refractivity contribution in [2.45, 2.75) is 18.5 Å². The minimum atomic E-state index is -0.144. The van der Waals surface area contributed by atoms with Gasteiger partial charge in [0.2, 0.25) is 16.2 Å². The minimum Gasteiger partial charge on any atom is -0.395 e. The van der Waals surface area contributed by atoms with Gasteiger partial charge in [-0.05, 0) is 13.5 Å². The molecular formula is C10H18N4O2S2. The van der Waals surface area contributed by atoms with E-state index in [1.54, 1.807) is 23.7 Å². The number of hydrogen-bond acceptors (Lipinski definition) is 7. The monoisotopic (exact) mass is 290 g/mol. The third kappa shape index (κ3) is 5.76. The molecule has 0 saturated heterocycles. The van der Waals surface area contributed by atoms with Gasteiger partial charge in [0.05, 0.1) is 13.2 Å². The van der Waals surface area contributed by atoms with E-state index in [0.717, 1.165) is 12.2 Å². The van der Waals surface area contributed by atoms with Crippen molar-refractivity contribution in [3.05, 3.63) is 0 Å². The first-order valence-corrected chi connectivity index (χ1v) is 7.47. The summed E-state index contributed by atoms with van der Waals surface area (Å²) in [5, 5.41) is 12.7. The highest BCUT2D eigenvalue weighted by Crippen LogP contribution is 2.20. The van der Waals surface area contributed by atoms with Gasteiger partial charge in [-0.25, -0.2) is 0 Å². The molecule has 1 heterocycles. The Bertz CT molecular complexity index is 373. The van der Waals surface area contributed by atoms with E-state index in [4.69, 9.17) is 5.11 Å². The van der Waals surface area contributed by atoms with Crippen LogP contribution < -0.4 is 5.32 Å². The largest absolute Gasteiger partial charge is 0.395 e. The topological polar surface area (TPSA) is 78.4 Å². The van der Waals surface area contributed by atoms with E-state index in [1.807, 2.05) is 0 Å². The van der Waals surface area contributed by atoms with E-state index in [1.165, 1.54) is 11.5 Å². The van der Waals surface area contributed by atoms with Crippen molar-refractivity contribution in [2.75, 3.05) is 37.8 Å². The average Bonchev–Trinajstić information content (AvgIpc) is 2.74. The highest BCUT2D eigenvalue weighted by Gasteiger charge is 2.10. The fourth-order valence-corrected chi connectivity index (χ4v) is 2.58. The first kappa shape index (κ1) is 15.4. The number of aliphatic hydroxyl groups is 1. The summed E-state index contributed by atoms with van der Waals surface area (Å²) in [6.07, 6.45) is 1.07. The summed E-state index contributed by atoms with van der Waals surface area (Å²) in [7, 11) is 1.78. The molecule has 2 N–H and O–H groups in total. The van der Waals surface area contributed by atoms with Crippen molar-refractivity contribution in [1.29, 1.82) is 0 Å². The van der Waals surface area contributed by atoms with Gasteiger partial charge >= 0.3 is 0 Å². The van der Waals surface area contributed by atoms with Crippen LogP contribution in [-0.2, 0) is 4.79 Å². The van der Waals surface area contributed by atoms with Crippen LogP contribution in [0.15, 0.2) is 5.16 Å². The van der Waals surface area contributed by atoms with Crippen LogP contribution in [0.3, 0.4) is 0 Å². The molecule has 0 atom stereocenters. The Morgan fingerprint density at radius 1 is 1.61 bits per heavy atom. The molecule has 0 radical (unpaired) electrons. The van der Waals surface area contributed by atoms with Crippen LogP contribution in [0.5, 0.6) is 0 Å². The Labute approximate surface area is 115 Å². The number of aliphatic hydroxyl groups excluding tert-OH is 1. The SMILES string of the molecule is CCCSc1nsc(NC(=O)CN(C)CCO)n1. The molecule has 0 bridgehead atoms. The zero-order valence-electron chi connectivity index (χ0n) is 10.5. The van der Waals surface area contributed by atoms with Gasteiger partial charge < -0.3 is 5.11 Å². The molecule has 0 fully saturated rings. The summed E-state index contributed by atoms with van der Waals surface area (Å²) in [6, 6.07) is 0. The fraction of sp³-hybridized carbons (Fsp3) is 0.700. The standard InChI is InChI=1S/C10H18N4O2S2/c1-3-6-17-10-12-9(18-13-10)11-8(16)7-14(2)4-5-15/h15H,3-7H2,1-2H3,(H,11,12,13,16). The average molecular weight is 290 g/mol. The van der Waals surface area contributed by atoms with Crippen molar-refractivity contribution in [1.82, 2.24) is 14.3 Å². The van der Waals surface area contributed by atoms with Crippen molar-refractivity contribution in [3.8, 4) is 0 Å². The lowest BCUT2D eigenvalue weighted by Gasteiger charge is -2.13. The molecule has 0 aliphatic carbocycles. The highest BCUT2D eigenvalue weighted by atomic mass is 32.2. The van der Waals surface area contributed by atoms with Crippen molar-refractivity contribution in [2.24, 2.45) is 0 Å². The summed E-state index contributed by atoms with van der Waals surface area (Å²) in [5.74, 6) is 0.831. The maximum Gasteiger partial charge on any atom is 0.240 e. The van der Waals surface area contributed by atoms with E-state index in [0.29, 0.717) is 16.8 Å². The molecule has 1 amide bonds. The summed E-state index contributed by atoms with van der Waals surface area (Å²) in [6.45, 7) is 2.85. The lowest BCUT2D eigenvalue weighted by molar-refractivity contribution is -0.117. The Balaban J connectivity index is 2.37. The Kier molecular flexibility index (Phi) is 7.18. The van der Waals surface area contributed by atoms with Gasteiger partial charge in [0, 0.05) is 23.8 Å². The molecule has 1 rings (SSSR count). The second-order valence-corrected chi connectivity index (χ2v) is 5.55. The zero-order valence-corrected chi connectivity index (χ0v) is 12.2. The zero-order chi connectivity index (χ0) is 13.4. The quantitative estimate of drug-likeness (QED) is 0.693. The third-order valence-electron chi connectivity index (χ3n) is 1.98. The molecule has 0 unspecified atom stereocenters. The van der Waals surface area contributed by atoms with Gasteiger partial charge in [-0.15, -0.1) is 0 Å². The van der Waals surface area contributed by atoms with Crippen molar-refractivity contribution in [3.63, 3.8) is 0 Å². The molecule has 0 spiro atoms. The van der Waals surface area contributed by atoms with E-state index in [2.05, 4.69) is 21.6 Å². The molecule has 1 aromatic heterocycles. The molecule has 1 aromatic rings. The number of anilines is 1. The molecule has 6 nitrogen and oxygen atoms in total. The number of amides is 1. The Morgan fingerprint density at radius 2 is 2.39 bits per heavy atom. The van der Waals surface area contributed by atoms with Gasteiger partial charge in [0.15, 0.2) is 0 Å². The molecule has 18 heavy (non-hydrogen) atoms. The predicted molar refractivity (Wildman–Crippen MR) is 74.1 cm³/mol. The summed E-state index contributed by atoms with van der Waals surface area (Å²) in [5.41, 5.74) is 0. The second kappa shape index (κ2) is 8.41. The second-order valence-electron chi connectivity index (χ2n) is 3.74. The van der Waals surface area contributed by atoms with Crippen LogP contribution in [0.25, 0.3) is 0 Å². The normalized spacial score (nSPS) is 10.9. The van der Waals surface area contributed by atoms with E-state index < -0.39 is 0 Å². The number of aromatic nitrogens is 2. The van der Waals surface area contributed by atoms with Crippen molar-refractivity contribution >= 4 is 34.3 Å². The van der Waals surface area contributed by atoms with Crippen molar-refractivity contribution < 1.29 is 9.90 Å². The van der Waals surface area contributed by atoms with Gasteiger partial charge in [-0.3, -0.25) is 15.0 Å². The van der Waals surface area contributed by atoms with Gasteiger partial charge in [-0.1, -0.05) is 18.7 Å². The van der Waals surface area contributed by atoms with Crippen LogP contribution in [0, 0.1) is 0 Å². The predicted octanol–water partition coefficient (Wildman–Crippen LogP) is 0.903. The molecule has 0 saturated carbocycles. The van der Waals surface area contributed by atoms with Crippen LogP contribution in [0.2, 0.25) is 0 Å². The van der Waals surface area contributed by atoms with E-state index in [-0.39, 0.29) is 19.1 Å². The third-order valence-corrected chi connectivity index (χ3v) is 3.78. The number of rotatable bonds is 8. The fourth-order valence-electron chi connectivity index (χ4n) is 1.17. The number of carbonyl (C=O) groups excluding carboxylic acids is 1. The molecule has 0 aromatic carbocycles. The van der Waals surface area contributed by atoms with Gasteiger partial charge in [0.1, 0.15) is 0 Å². The number of thioether (sulfide) groups is 1. The van der Waals surface area contributed by atoms with Crippen LogP contribution in [0.4, 0.5) is 5.13 Å². The van der Waals surface area contributed by atoms with Gasteiger partial charge in [0.25, 0.3) is 0 Å². The van der Waals surface area contributed by atoms with Gasteiger partial charge in [-0.2, -0.15) is 9.36 Å². The van der Waals surface area contributed by atoms with E-state index in [9.17, 15) is 4.79 Å². The van der Waals surface area contributed by atoms with Crippen LogP contribution >= 0.6 is 23.3 Å². The number of nitrogens with one attached hydrogen (secondary N) is 1. The number of hydrogen-bond donors (Lipinski definition) is 2. The minimum absolute atomic E-state index is 0.0421. The molecule has 102 valence electrons. The highest BCUT2D eigenvalue weighted by molar-refractivity contribution is 7.99. The number of nitrogens with zero attached hydrogens (tertiary/aromatic N) is 3. The lowest BCUT2D eigenvalue weighted by atomic mass is 10.5. The number of likely N-dealkylation sites (N-methyl/N-ethyl adjacent to an activating group) is 1. The first-order valence-electron chi connectivity index (χ1n) is 5.71. The first-order chi connectivity index (χ1) is 8.65. The maximum absolute atomic E-state index is 11.6. The molecule has 8 heteroatoms. The molecule has 0 aliphatic rings. The molecular weight excluding hydrogens is 272 g/mol. The van der Waals surface area contributed by atoms with E-state index >= 15 is 0 Å². The van der Waals surface area contributed by atoms with Crippen LogP contribution in [0.1, 0.15) is 13.3 Å². The van der Waals surface area contributed by atoms with Crippen LogP contribution in [-0.4, -0.2) is 57.8 Å². The maximum atomic E-state index is 11.6.